The number of rotatable bonds is 4. The van der Waals surface area contributed by atoms with E-state index in [-0.39, 0.29) is 47.5 Å². The van der Waals surface area contributed by atoms with Gasteiger partial charge < -0.3 is 19.3 Å². The fourth-order valence-electron chi connectivity index (χ4n) is 5.86. The van der Waals surface area contributed by atoms with Crippen molar-refractivity contribution in [3.63, 3.8) is 0 Å². The quantitative estimate of drug-likeness (QED) is 0.444. The third kappa shape index (κ3) is 5.58. The molecular formula is C32H37N5O5S. The first-order chi connectivity index (χ1) is 20.5. The molecular weight excluding hydrogens is 566 g/mol. The van der Waals surface area contributed by atoms with Gasteiger partial charge in [-0.05, 0) is 42.3 Å². The number of amides is 3. The van der Waals surface area contributed by atoms with Crippen LogP contribution in [-0.4, -0.2) is 82.6 Å². The lowest BCUT2D eigenvalue weighted by atomic mass is 9.87. The Morgan fingerprint density at radius 2 is 1.72 bits per heavy atom. The highest BCUT2D eigenvalue weighted by atomic mass is 32.2. The van der Waals surface area contributed by atoms with E-state index in [0.29, 0.717) is 43.5 Å². The molecule has 0 spiro atoms. The standard InChI is InChI=1S/C32H37N5O5S/c1-20-7-6-8-23(15-20)37-31-28(30(33-37)32(3,4)5)29(22-9-10-24-25(16-22)42-19-41-24)43-18-27(40)36(31)17-26(39)35-13-11-34(12-14-35)21(2)38/h6-10,15-16,29H,11-14,17-19H2,1-5H3/t29-/m1/s1. The fourth-order valence-corrected chi connectivity index (χ4v) is 7.05. The number of thioether (sulfide) groups is 1. The Hall–Kier alpha value is -3.99. The Morgan fingerprint density at radius 1 is 1.00 bits per heavy atom. The van der Waals surface area contributed by atoms with E-state index in [1.54, 1.807) is 21.6 Å². The molecule has 3 aromatic rings. The van der Waals surface area contributed by atoms with Gasteiger partial charge >= 0.3 is 0 Å². The number of nitrogens with zero attached hydrogens (tertiary/aromatic N) is 5. The molecule has 0 aliphatic carbocycles. The zero-order valence-electron chi connectivity index (χ0n) is 25.3. The molecule has 1 fully saturated rings. The maximum Gasteiger partial charge on any atom is 0.242 e. The van der Waals surface area contributed by atoms with Crippen LogP contribution in [-0.2, 0) is 19.8 Å². The maximum absolute atomic E-state index is 14.0. The maximum atomic E-state index is 14.0. The second-order valence-corrected chi connectivity index (χ2v) is 13.4. The van der Waals surface area contributed by atoms with E-state index in [4.69, 9.17) is 14.6 Å². The first kappa shape index (κ1) is 29.1. The van der Waals surface area contributed by atoms with E-state index in [9.17, 15) is 14.4 Å². The van der Waals surface area contributed by atoms with Gasteiger partial charge in [0, 0.05) is 44.1 Å². The molecule has 3 aliphatic heterocycles. The average Bonchev–Trinajstić information content (AvgIpc) is 3.58. The predicted octanol–water partition coefficient (Wildman–Crippen LogP) is 4.07. The summed E-state index contributed by atoms with van der Waals surface area (Å²) in [4.78, 5) is 44.7. The molecule has 0 bridgehead atoms. The molecule has 3 amide bonds. The van der Waals surface area contributed by atoms with Crippen molar-refractivity contribution >= 4 is 35.3 Å². The molecule has 1 aromatic heterocycles. The molecule has 4 heterocycles. The number of benzene rings is 2. The van der Waals surface area contributed by atoms with Crippen molar-refractivity contribution in [2.24, 2.45) is 0 Å². The van der Waals surface area contributed by atoms with Crippen LogP contribution in [0.3, 0.4) is 0 Å². The largest absolute Gasteiger partial charge is 0.454 e. The van der Waals surface area contributed by atoms with Crippen molar-refractivity contribution in [1.82, 2.24) is 19.6 Å². The van der Waals surface area contributed by atoms with Gasteiger partial charge in [-0.25, -0.2) is 4.68 Å². The van der Waals surface area contributed by atoms with Gasteiger partial charge in [0.05, 0.1) is 22.4 Å². The fraction of sp³-hybridized carbons (Fsp3) is 0.438. The van der Waals surface area contributed by atoms with Crippen molar-refractivity contribution in [3.8, 4) is 17.2 Å². The molecule has 0 unspecified atom stereocenters. The number of piperazine rings is 1. The highest BCUT2D eigenvalue weighted by molar-refractivity contribution is 8.00. The van der Waals surface area contributed by atoms with Gasteiger partial charge in [0.2, 0.25) is 24.5 Å². The molecule has 6 rings (SSSR count). The Bertz CT molecular complexity index is 1590. The summed E-state index contributed by atoms with van der Waals surface area (Å²) < 4.78 is 13.1. The second kappa shape index (κ2) is 11.3. The smallest absolute Gasteiger partial charge is 0.242 e. The second-order valence-electron chi connectivity index (χ2n) is 12.3. The van der Waals surface area contributed by atoms with Crippen LogP contribution in [0.15, 0.2) is 42.5 Å². The van der Waals surface area contributed by atoms with Crippen LogP contribution in [0.2, 0.25) is 0 Å². The number of anilines is 1. The number of ether oxygens (including phenoxy) is 2. The van der Waals surface area contributed by atoms with Crippen LogP contribution in [0.5, 0.6) is 11.5 Å². The first-order valence-electron chi connectivity index (χ1n) is 14.6. The van der Waals surface area contributed by atoms with Crippen molar-refractivity contribution < 1.29 is 23.9 Å². The van der Waals surface area contributed by atoms with E-state index < -0.39 is 0 Å². The summed E-state index contributed by atoms with van der Waals surface area (Å²) >= 11 is 1.54. The summed E-state index contributed by atoms with van der Waals surface area (Å²) in [6.45, 7) is 11.8. The SMILES string of the molecule is CC(=O)N1CCN(C(=O)CN2C(=O)CS[C@H](c3ccc4c(c3)OCO4)c3c(C(C)(C)C)nn(-c4cccc(C)c4)c32)CC1. The number of carbonyl (C=O) groups is 3. The zero-order chi connectivity index (χ0) is 30.5. The Labute approximate surface area is 255 Å². The number of aromatic nitrogens is 2. The zero-order valence-corrected chi connectivity index (χ0v) is 26.1. The number of hydrogen-bond donors (Lipinski definition) is 0. The van der Waals surface area contributed by atoms with E-state index >= 15 is 0 Å². The van der Waals surface area contributed by atoms with Gasteiger partial charge in [-0.15, -0.1) is 11.8 Å². The summed E-state index contributed by atoms with van der Waals surface area (Å²) in [6.07, 6.45) is 0. The average molecular weight is 604 g/mol. The summed E-state index contributed by atoms with van der Waals surface area (Å²) in [5, 5.41) is 4.95. The van der Waals surface area contributed by atoms with Crippen LogP contribution in [0.25, 0.3) is 5.69 Å². The molecule has 43 heavy (non-hydrogen) atoms. The van der Waals surface area contributed by atoms with Crippen molar-refractivity contribution in [2.45, 2.75) is 45.3 Å². The van der Waals surface area contributed by atoms with Gasteiger partial charge in [0.1, 0.15) is 12.4 Å². The summed E-state index contributed by atoms with van der Waals surface area (Å²) in [5.41, 5.74) is 4.28. The summed E-state index contributed by atoms with van der Waals surface area (Å²) in [5.74, 6) is 1.88. The predicted molar refractivity (Wildman–Crippen MR) is 165 cm³/mol. The molecule has 1 saturated heterocycles. The van der Waals surface area contributed by atoms with E-state index in [1.807, 2.05) is 54.1 Å². The van der Waals surface area contributed by atoms with Gasteiger partial charge in [-0.3, -0.25) is 19.3 Å². The van der Waals surface area contributed by atoms with Gasteiger partial charge in [0.25, 0.3) is 0 Å². The highest BCUT2D eigenvalue weighted by Gasteiger charge is 2.41. The normalized spacial score (nSPS) is 18.5. The Kier molecular flexibility index (Phi) is 7.62. The number of carbonyl (C=O) groups excluding carboxylic acids is 3. The molecule has 0 saturated carbocycles. The first-order valence-corrected chi connectivity index (χ1v) is 15.6. The number of hydrogen-bond acceptors (Lipinski definition) is 7. The summed E-state index contributed by atoms with van der Waals surface area (Å²) in [6, 6.07) is 13.9. The minimum atomic E-state index is -0.361. The third-order valence-electron chi connectivity index (χ3n) is 8.12. The lowest BCUT2D eigenvalue weighted by molar-refractivity contribution is -0.137. The van der Waals surface area contributed by atoms with Crippen molar-refractivity contribution in [1.29, 1.82) is 0 Å². The molecule has 0 N–H and O–H groups in total. The van der Waals surface area contributed by atoms with Crippen LogP contribution in [0.1, 0.15) is 55.3 Å². The van der Waals surface area contributed by atoms with Crippen LogP contribution in [0, 0.1) is 6.92 Å². The molecule has 10 nitrogen and oxygen atoms in total. The monoisotopic (exact) mass is 603 g/mol. The lowest BCUT2D eigenvalue weighted by Crippen LogP contribution is -2.53. The molecule has 226 valence electrons. The number of aryl methyl sites for hydroxylation is 1. The van der Waals surface area contributed by atoms with Crippen LogP contribution in [0.4, 0.5) is 5.82 Å². The van der Waals surface area contributed by atoms with E-state index in [1.165, 1.54) is 11.8 Å². The molecule has 2 aromatic carbocycles. The Balaban J connectivity index is 1.48. The summed E-state index contributed by atoms with van der Waals surface area (Å²) in [7, 11) is 0. The van der Waals surface area contributed by atoms with Gasteiger partial charge in [-0.2, -0.15) is 5.10 Å². The number of fused-ring (bicyclic) bond motifs is 2. The van der Waals surface area contributed by atoms with Gasteiger partial charge in [0.15, 0.2) is 11.5 Å². The molecule has 1 atom stereocenters. The van der Waals surface area contributed by atoms with Crippen LogP contribution >= 0.6 is 11.8 Å². The highest BCUT2D eigenvalue weighted by Crippen LogP contribution is 2.50. The van der Waals surface area contributed by atoms with Crippen molar-refractivity contribution in [3.05, 3.63) is 64.8 Å². The molecule has 3 aliphatic rings. The third-order valence-corrected chi connectivity index (χ3v) is 9.37. The van der Waals surface area contributed by atoms with Gasteiger partial charge in [-0.1, -0.05) is 39.0 Å². The van der Waals surface area contributed by atoms with Crippen LogP contribution < -0.4 is 14.4 Å². The Morgan fingerprint density at radius 3 is 2.42 bits per heavy atom. The minimum absolute atomic E-state index is 0.00258. The molecule has 11 heteroatoms. The minimum Gasteiger partial charge on any atom is -0.454 e. The molecule has 0 radical (unpaired) electrons. The van der Waals surface area contributed by atoms with E-state index in [0.717, 1.165) is 28.1 Å². The lowest BCUT2D eigenvalue weighted by Gasteiger charge is -2.35. The van der Waals surface area contributed by atoms with E-state index in [2.05, 4.69) is 20.8 Å². The topological polar surface area (TPSA) is 97.2 Å². The van der Waals surface area contributed by atoms with Crippen molar-refractivity contribution in [2.75, 3.05) is 50.2 Å².